The maximum Gasteiger partial charge on any atom is 0.0766 e. The molecule has 0 aliphatic heterocycles. The molecule has 0 heterocycles. The van der Waals surface area contributed by atoms with E-state index in [1.165, 1.54) is 19.3 Å². The molecule has 1 aliphatic rings. The molecule has 2 N–H and O–H groups in total. The Hall–Kier alpha value is -0.0800. The van der Waals surface area contributed by atoms with Crippen LogP contribution in [0.5, 0.6) is 0 Å². The lowest BCUT2D eigenvalue weighted by Crippen LogP contribution is -2.44. The van der Waals surface area contributed by atoms with Gasteiger partial charge >= 0.3 is 0 Å². The molecular formula is C12H25NO. The summed E-state index contributed by atoms with van der Waals surface area (Å²) < 4.78 is 0. The Bertz CT molecular complexity index is 162. The maximum atomic E-state index is 10.1. The second-order valence-electron chi connectivity index (χ2n) is 4.66. The summed E-state index contributed by atoms with van der Waals surface area (Å²) in [5, 5.41) is 13.6. The monoisotopic (exact) mass is 199 g/mol. The summed E-state index contributed by atoms with van der Waals surface area (Å²) in [5.74, 6) is 0.887. The summed E-state index contributed by atoms with van der Waals surface area (Å²) in [6.07, 6.45) is 5.63. The van der Waals surface area contributed by atoms with Gasteiger partial charge in [-0.05, 0) is 38.0 Å². The summed E-state index contributed by atoms with van der Waals surface area (Å²) in [6, 6.07) is 0.639. The van der Waals surface area contributed by atoms with E-state index in [-0.39, 0.29) is 0 Å². The Morgan fingerprint density at radius 3 is 2.21 bits per heavy atom. The van der Waals surface area contributed by atoms with Crippen LogP contribution in [0, 0.1) is 5.92 Å². The normalized spacial score (nSPS) is 19.7. The van der Waals surface area contributed by atoms with Crippen LogP contribution in [0.25, 0.3) is 0 Å². The van der Waals surface area contributed by atoms with E-state index in [9.17, 15) is 5.11 Å². The van der Waals surface area contributed by atoms with Crippen LogP contribution in [0.2, 0.25) is 0 Å². The standard InChI is InChI=1S/C12H25NO/c1-4-11(10-7-8-10)13-9-12(14,5-2)6-3/h10-11,13-14H,4-9H2,1-3H3. The van der Waals surface area contributed by atoms with Crippen LogP contribution in [0.15, 0.2) is 0 Å². The van der Waals surface area contributed by atoms with Crippen molar-refractivity contribution in [2.24, 2.45) is 5.92 Å². The van der Waals surface area contributed by atoms with Crippen molar-refractivity contribution >= 4 is 0 Å². The minimum Gasteiger partial charge on any atom is -0.389 e. The Labute approximate surface area is 88.1 Å². The second kappa shape index (κ2) is 5.13. The van der Waals surface area contributed by atoms with Gasteiger partial charge in [-0.15, -0.1) is 0 Å². The number of rotatable bonds is 7. The molecule has 2 heteroatoms. The van der Waals surface area contributed by atoms with E-state index in [1.807, 2.05) is 0 Å². The molecule has 0 aromatic rings. The quantitative estimate of drug-likeness (QED) is 0.659. The van der Waals surface area contributed by atoms with E-state index >= 15 is 0 Å². The first-order valence-corrected chi connectivity index (χ1v) is 6.11. The fourth-order valence-electron chi connectivity index (χ4n) is 1.96. The van der Waals surface area contributed by atoms with Crippen molar-refractivity contribution in [2.75, 3.05) is 6.54 Å². The van der Waals surface area contributed by atoms with Crippen molar-refractivity contribution < 1.29 is 5.11 Å². The highest BCUT2D eigenvalue weighted by molar-refractivity contribution is 4.88. The maximum absolute atomic E-state index is 10.1. The lowest BCUT2D eigenvalue weighted by Gasteiger charge is -2.28. The van der Waals surface area contributed by atoms with E-state index in [0.29, 0.717) is 6.04 Å². The summed E-state index contributed by atoms with van der Waals surface area (Å²) in [7, 11) is 0. The van der Waals surface area contributed by atoms with Crippen molar-refractivity contribution in [3.05, 3.63) is 0 Å². The molecule has 0 bridgehead atoms. The zero-order valence-corrected chi connectivity index (χ0v) is 9.84. The topological polar surface area (TPSA) is 32.3 Å². The highest BCUT2D eigenvalue weighted by atomic mass is 16.3. The van der Waals surface area contributed by atoms with E-state index in [1.54, 1.807) is 0 Å². The number of aliphatic hydroxyl groups is 1. The molecule has 0 saturated heterocycles. The van der Waals surface area contributed by atoms with Gasteiger partial charge < -0.3 is 10.4 Å². The van der Waals surface area contributed by atoms with Gasteiger partial charge in [0, 0.05) is 12.6 Å². The molecule has 1 saturated carbocycles. The Kier molecular flexibility index (Phi) is 4.39. The van der Waals surface area contributed by atoms with E-state index in [2.05, 4.69) is 26.1 Å². The smallest absolute Gasteiger partial charge is 0.0766 e. The van der Waals surface area contributed by atoms with Crippen LogP contribution in [-0.4, -0.2) is 23.3 Å². The molecule has 0 aromatic carbocycles. The average Bonchev–Trinajstić information content (AvgIpc) is 3.02. The predicted octanol–water partition coefficient (Wildman–Crippen LogP) is 2.32. The van der Waals surface area contributed by atoms with Gasteiger partial charge in [0.05, 0.1) is 5.60 Å². The third-order valence-corrected chi connectivity index (χ3v) is 3.64. The van der Waals surface area contributed by atoms with Crippen LogP contribution in [0.4, 0.5) is 0 Å². The zero-order chi connectivity index (χ0) is 10.6. The highest BCUT2D eigenvalue weighted by Gasteiger charge is 2.31. The van der Waals surface area contributed by atoms with Crippen molar-refractivity contribution in [2.45, 2.75) is 64.5 Å². The van der Waals surface area contributed by atoms with Gasteiger partial charge in [0.25, 0.3) is 0 Å². The first kappa shape index (κ1) is 12.0. The fraction of sp³-hybridized carbons (Fsp3) is 1.00. The second-order valence-corrected chi connectivity index (χ2v) is 4.66. The average molecular weight is 199 g/mol. The molecule has 1 rings (SSSR count). The Balaban J connectivity index is 2.28. The van der Waals surface area contributed by atoms with Gasteiger partial charge in [-0.1, -0.05) is 20.8 Å². The molecule has 2 nitrogen and oxygen atoms in total. The predicted molar refractivity (Wildman–Crippen MR) is 60.3 cm³/mol. The molecular weight excluding hydrogens is 174 g/mol. The third kappa shape index (κ3) is 3.25. The number of hydrogen-bond acceptors (Lipinski definition) is 2. The molecule has 0 aromatic heterocycles. The third-order valence-electron chi connectivity index (χ3n) is 3.64. The Morgan fingerprint density at radius 2 is 1.86 bits per heavy atom. The first-order chi connectivity index (χ1) is 6.65. The number of hydrogen-bond donors (Lipinski definition) is 2. The molecule has 1 atom stereocenters. The molecule has 0 spiro atoms. The van der Waals surface area contributed by atoms with Crippen LogP contribution in [0.1, 0.15) is 52.9 Å². The van der Waals surface area contributed by atoms with Crippen molar-refractivity contribution in [3.63, 3.8) is 0 Å². The van der Waals surface area contributed by atoms with Gasteiger partial charge in [-0.2, -0.15) is 0 Å². The van der Waals surface area contributed by atoms with Gasteiger partial charge in [-0.25, -0.2) is 0 Å². The van der Waals surface area contributed by atoms with Gasteiger partial charge in [0.2, 0.25) is 0 Å². The van der Waals surface area contributed by atoms with Crippen LogP contribution >= 0.6 is 0 Å². The minimum atomic E-state index is -0.484. The first-order valence-electron chi connectivity index (χ1n) is 6.11. The Morgan fingerprint density at radius 1 is 1.29 bits per heavy atom. The summed E-state index contributed by atoms with van der Waals surface area (Å²) in [5.41, 5.74) is -0.484. The minimum absolute atomic E-state index is 0.484. The largest absolute Gasteiger partial charge is 0.389 e. The van der Waals surface area contributed by atoms with Gasteiger partial charge in [0.15, 0.2) is 0 Å². The van der Waals surface area contributed by atoms with Crippen LogP contribution in [0.3, 0.4) is 0 Å². The van der Waals surface area contributed by atoms with Crippen LogP contribution < -0.4 is 5.32 Å². The lowest BCUT2D eigenvalue weighted by molar-refractivity contribution is 0.0290. The lowest BCUT2D eigenvalue weighted by atomic mass is 9.96. The zero-order valence-electron chi connectivity index (χ0n) is 9.84. The molecule has 0 amide bonds. The van der Waals surface area contributed by atoms with Gasteiger partial charge in [0.1, 0.15) is 0 Å². The summed E-state index contributed by atoms with van der Waals surface area (Å²) >= 11 is 0. The van der Waals surface area contributed by atoms with E-state index in [4.69, 9.17) is 0 Å². The summed E-state index contributed by atoms with van der Waals surface area (Å²) in [4.78, 5) is 0. The molecule has 0 radical (unpaired) electrons. The summed E-state index contributed by atoms with van der Waals surface area (Å²) in [6.45, 7) is 7.11. The van der Waals surface area contributed by atoms with Crippen molar-refractivity contribution in [1.82, 2.24) is 5.32 Å². The molecule has 1 fully saturated rings. The molecule has 1 aliphatic carbocycles. The van der Waals surface area contributed by atoms with Crippen molar-refractivity contribution in [1.29, 1.82) is 0 Å². The SMILES string of the molecule is CCC(NCC(O)(CC)CC)C1CC1. The fourth-order valence-corrected chi connectivity index (χ4v) is 1.96. The molecule has 84 valence electrons. The van der Waals surface area contributed by atoms with E-state index < -0.39 is 5.60 Å². The van der Waals surface area contributed by atoms with Crippen molar-refractivity contribution in [3.8, 4) is 0 Å². The number of nitrogens with one attached hydrogen (secondary N) is 1. The van der Waals surface area contributed by atoms with Crippen LogP contribution in [-0.2, 0) is 0 Å². The molecule has 14 heavy (non-hydrogen) atoms. The van der Waals surface area contributed by atoms with Gasteiger partial charge in [-0.3, -0.25) is 0 Å². The van der Waals surface area contributed by atoms with E-state index in [0.717, 1.165) is 25.3 Å². The highest BCUT2D eigenvalue weighted by Crippen LogP contribution is 2.34. The molecule has 1 unspecified atom stereocenters.